The first-order chi connectivity index (χ1) is 10.7. The molecule has 2 heterocycles. The van der Waals surface area contributed by atoms with Crippen molar-refractivity contribution in [2.45, 2.75) is 19.3 Å². The summed E-state index contributed by atoms with van der Waals surface area (Å²) in [6.45, 7) is 1.55. The third-order valence-electron chi connectivity index (χ3n) is 3.65. The van der Waals surface area contributed by atoms with Gasteiger partial charge in [0.25, 0.3) is 5.91 Å². The van der Waals surface area contributed by atoms with Gasteiger partial charge in [-0.15, -0.1) is 0 Å². The summed E-state index contributed by atoms with van der Waals surface area (Å²) >= 11 is 0. The molecule has 1 saturated heterocycles. The van der Waals surface area contributed by atoms with Crippen LogP contribution in [0.3, 0.4) is 0 Å². The number of aromatic nitrogens is 2. The quantitative estimate of drug-likeness (QED) is 0.946. The molecule has 6 heteroatoms. The van der Waals surface area contributed by atoms with Crippen molar-refractivity contribution in [1.29, 1.82) is 0 Å². The maximum atomic E-state index is 13.6. The number of rotatable bonds is 3. The molecule has 1 aliphatic heterocycles. The second-order valence-corrected chi connectivity index (χ2v) is 5.24. The van der Waals surface area contributed by atoms with E-state index in [1.54, 1.807) is 23.1 Å². The molecular weight excluding hydrogens is 283 g/mol. The normalized spacial score (nSPS) is 14.7. The maximum Gasteiger partial charge on any atom is 0.274 e. The van der Waals surface area contributed by atoms with Crippen LogP contribution in [0.15, 0.2) is 36.7 Å². The number of halogens is 1. The van der Waals surface area contributed by atoms with Crippen LogP contribution in [-0.2, 0) is 0 Å². The summed E-state index contributed by atoms with van der Waals surface area (Å²) in [5, 5.41) is 2.84. The predicted octanol–water partition coefficient (Wildman–Crippen LogP) is 2.99. The first-order valence-corrected chi connectivity index (χ1v) is 7.37. The number of carbonyl (C=O) groups excluding carboxylic acids is 1. The van der Waals surface area contributed by atoms with Crippen LogP contribution in [-0.4, -0.2) is 33.9 Å². The van der Waals surface area contributed by atoms with E-state index >= 15 is 0 Å². The van der Waals surface area contributed by atoms with Gasteiger partial charge in [0.05, 0.1) is 18.1 Å². The molecule has 22 heavy (non-hydrogen) atoms. The number of hydrogen-bond donors (Lipinski definition) is 1. The van der Waals surface area contributed by atoms with Crippen molar-refractivity contribution in [3.05, 3.63) is 48.2 Å². The Hall–Kier alpha value is -2.50. The Labute approximate surface area is 128 Å². The third-order valence-corrected chi connectivity index (χ3v) is 3.65. The molecule has 0 spiro atoms. The highest BCUT2D eigenvalue weighted by molar-refractivity contribution is 5.92. The van der Waals surface area contributed by atoms with E-state index in [-0.39, 0.29) is 11.7 Å². The van der Waals surface area contributed by atoms with Gasteiger partial charge in [-0.2, -0.15) is 0 Å². The summed E-state index contributed by atoms with van der Waals surface area (Å²) in [6.07, 6.45) is 6.11. The van der Waals surface area contributed by atoms with Gasteiger partial charge in [-0.3, -0.25) is 4.79 Å². The van der Waals surface area contributed by atoms with E-state index in [0.29, 0.717) is 17.2 Å². The lowest BCUT2D eigenvalue weighted by Crippen LogP contribution is -2.36. The van der Waals surface area contributed by atoms with E-state index < -0.39 is 0 Å². The Bertz CT molecular complexity index is 653. The molecule has 0 aliphatic carbocycles. The minimum absolute atomic E-state index is 0.0929. The molecule has 1 amide bonds. The van der Waals surface area contributed by atoms with Crippen LogP contribution >= 0.6 is 0 Å². The number of piperidine rings is 1. The Kier molecular flexibility index (Phi) is 4.27. The molecular formula is C16H17FN4O. The summed E-state index contributed by atoms with van der Waals surface area (Å²) in [5.41, 5.74) is 0.646. The van der Waals surface area contributed by atoms with Crippen LogP contribution in [0.4, 0.5) is 15.9 Å². The second kappa shape index (κ2) is 6.51. The van der Waals surface area contributed by atoms with Gasteiger partial charge in [0, 0.05) is 13.1 Å². The molecule has 1 fully saturated rings. The molecule has 1 N–H and O–H groups in total. The van der Waals surface area contributed by atoms with Gasteiger partial charge in [0.2, 0.25) is 0 Å². The van der Waals surface area contributed by atoms with E-state index in [9.17, 15) is 9.18 Å². The standard InChI is InChI=1S/C16H17FN4O/c17-12-6-2-3-7-13(12)20-15-11-18-14(10-19-15)16(22)21-8-4-1-5-9-21/h2-3,6-7,10-11H,1,4-5,8-9H2,(H,19,20). The number of nitrogens with zero attached hydrogens (tertiary/aromatic N) is 3. The molecule has 1 aliphatic rings. The third kappa shape index (κ3) is 3.21. The van der Waals surface area contributed by atoms with Gasteiger partial charge in [0.15, 0.2) is 0 Å². The first-order valence-electron chi connectivity index (χ1n) is 7.37. The smallest absolute Gasteiger partial charge is 0.274 e. The van der Waals surface area contributed by atoms with Crippen LogP contribution in [0.1, 0.15) is 29.8 Å². The van der Waals surface area contributed by atoms with Gasteiger partial charge >= 0.3 is 0 Å². The minimum atomic E-state index is -0.363. The lowest BCUT2D eigenvalue weighted by molar-refractivity contribution is 0.0718. The molecule has 1 aromatic carbocycles. The fourth-order valence-electron chi connectivity index (χ4n) is 2.46. The fraction of sp³-hybridized carbons (Fsp3) is 0.312. The van der Waals surface area contributed by atoms with Gasteiger partial charge in [0.1, 0.15) is 17.3 Å². The van der Waals surface area contributed by atoms with Gasteiger partial charge in [-0.25, -0.2) is 14.4 Å². The van der Waals surface area contributed by atoms with Gasteiger partial charge < -0.3 is 10.2 Å². The van der Waals surface area contributed by atoms with Crippen molar-refractivity contribution in [3.63, 3.8) is 0 Å². The van der Waals surface area contributed by atoms with E-state index in [2.05, 4.69) is 15.3 Å². The van der Waals surface area contributed by atoms with Crippen LogP contribution in [0.5, 0.6) is 0 Å². The van der Waals surface area contributed by atoms with E-state index in [1.165, 1.54) is 24.9 Å². The van der Waals surface area contributed by atoms with Crippen molar-refractivity contribution in [3.8, 4) is 0 Å². The van der Waals surface area contributed by atoms with E-state index in [1.807, 2.05) is 0 Å². The maximum absolute atomic E-state index is 13.6. The Morgan fingerprint density at radius 2 is 1.86 bits per heavy atom. The highest BCUT2D eigenvalue weighted by atomic mass is 19.1. The largest absolute Gasteiger partial charge is 0.337 e. The molecule has 114 valence electrons. The van der Waals surface area contributed by atoms with Crippen molar-refractivity contribution >= 4 is 17.4 Å². The molecule has 1 aromatic heterocycles. The summed E-state index contributed by atoms with van der Waals surface area (Å²) in [6, 6.07) is 6.33. The Balaban J connectivity index is 1.70. The molecule has 5 nitrogen and oxygen atoms in total. The Morgan fingerprint density at radius 1 is 1.09 bits per heavy atom. The SMILES string of the molecule is O=C(c1cnc(Nc2ccccc2F)cn1)N1CCCCC1. The predicted molar refractivity (Wildman–Crippen MR) is 81.5 cm³/mol. The number of para-hydroxylation sites is 1. The molecule has 0 bridgehead atoms. The van der Waals surface area contributed by atoms with Crippen LogP contribution in [0.2, 0.25) is 0 Å². The average molecular weight is 300 g/mol. The van der Waals surface area contributed by atoms with Crippen molar-refractivity contribution in [1.82, 2.24) is 14.9 Å². The fourth-order valence-corrected chi connectivity index (χ4v) is 2.46. The summed E-state index contributed by atoms with van der Waals surface area (Å²) in [5.74, 6) is -0.0531. The molecule has 0 radical (unpaired) electrons. The Morgan fingerprint density at radius 3 is 2.55 bits per heavy atom. The summed E-state index contributed by atoms with van der Waals surface area (Å²) in [4.78, 5) is 22.4. The number of benzene rings is 1. The van der Waals surface area contributed by atoms with Gasteiger partial charge in [-0.1, -0.05) is 12.1 Å². The van der Waals surface area contributed by atoms with Crippen LogP contribution in [0.25, 0.3) is 0 Å². The van der Waals surface area contributed by atoms with Gasteiger partial charge in [-0.05, 0) is 31.4 Å². The summed E-state index contributed by atoms with van der Waals surface area (Å²) in [7, 11) is 0. The number of amides is 1. The van der Waals surface area contributed by atoms with E-state index in [4.69, 9.17) is 0 Å². The van der Waals surface area contributed by atoms with Crippen LogP contribution in [0, 0.1) is 5.82 Å². The number of likely N-dealkylation sites (tertiary alicyclic amines) is 1. The first kappa shape index (κ1) is 14.4. The summed E-state index contributed by atoms with van der Waals surface area (Å²) < 4.78 is 13.6. The molecule has 0 saturated carbocycles. The van der Waals surface area contributed by atoms with Crippen molar-refractivity contribution < 1.29 is 9.18 Å². The number of carbonyl (C=O) groups is 1. The zero-order valence-electron chi connectivity index (χ0n) is 12.1. The molecule has 0 unspecified atom stereocenters. The number of anilines is 2. The molecule has 3 rings (SSSR count). The molecule has 0 atom stereocenters. The zero-order valence-corrected chi connectivity index (χ0v) is 12.1. The lowest BCUT2D eigenvalue weighted by atomic mass is 10.1. The monoisotopic (exact) mass is 300 g/mol. The zero-order chi connectivity index (χ0) is 15.4. The highest BCUT2D eigenvalue weighted by Crippen LogP contribution is 2.18. The average Bonchev–Trinajstić information content (AvgIpc) is 2.58. The molecule has 2 aromatic rings. The van der Waals surface area contributed by atoms with Crippen LogP contribution < -0.4 is 5.32 Å². The van der Waals surface area contributed by atoms with Crippen molar-refractivity contribution in [2.24, 2.45) is 0 Å². The second-order valence-electron chi connectivity index (χ2n) is 5.24. The topological polar surface area (TPSA) is 58.1 Å². The highest BCUT2D eigenvalue weighted by Gasteiger charge is 2.19. The van der Waals surface area contributed by atoms with E-state index in [0.717, 1.165) is 25.9 Å². The number of hydrogen-bond acceptors (Lipinski definition) is 4. The lowest BCUT2D eigenvalue weighted by Gasteiger charge is -2.26. The number of nitrogens with one attached hydrogen (secondary N) is 1. The van der Waals surface area contributed by atoms with Crippen molar-refractivity contribution in [2.75, 3.05) is 18.4 Å². The minimum Gasteiger partial charge on any atom is -0.337 e.